The van der Waals surface area contributed by atoms with E-state index in [2.05, 4.69) is 22.2 Å². The van der Waals surface area contributed by atoms with Crippen molar-refractivity contribution in [2.45, 2.75) is 50.5 Å². The van der Waals surface area contributed by atoms with Crippen LogP contribution < -0.4 is 15.4 Å². The van der Waals surface area contributed by atoms with E-state index >= 15 is 0 Å². The summed E-state index contributed by atoms with van der Waals surface area (Å²) in [5, 5.41) is 6.18. The highest BCUT2D eigenvalue weighted by molar-refractivity contribution is 6.30. The number of hydrogen-bond donors (Lipinski definition) is 2. The summed E-state index contributed by atoms with van der Waals surface area (Å²) in [5.41, 5.74) is 1.51. The maximum atomic E-state index is 12.5. The molecule has 1 aliphatic heterocycles. The SMILES string of the molecule is C=C(CCNC(=O)c1cnc(C2CCC2)o1)NC(=O)[C@H]1CCc2cc(Cl)ccc2O1. The summed E-state index contributed by atoms with van der Waals surface area (Å²) < 4.78 is 11.3. The minimum absolute atomic E-state index is 0.209. The number of rotatable bonds is 7. The largest absolute Gasteiger partial charge is 0.480 e. The molecule has 0 spiro atoms. The summed E-state index contributed by atoms with van der Waals surface area (Å²) in [7, 11) is 0. The van der Waals surface area contributed by atoms with Crippen molar-refractivity contribution in [3.05, 3.63) is 58.9 Å². The second kappa shape index (κ2) is 8.92. The first-order chi connectivity index (χ1) is 14.5. The Morgan fingerprint density at radius 3 is 2.87 bits per heavy atom. The molecular formula is C22H24ClN3O4. The van der Waals surface area contributed by atoms with E-state index in [-0.39, 0.29) is 17.6 Å². The number of oxazole rings is 1. The molecule has 158 valence electrons. The Morgan fingerprint density at radius 2 is 2.10 bits per heavy atom. The minimum atomic E-state index is -0.580. The molecule has 8 heteroatoms. The molecule has 7 nitrogen and oxygen atoms in total. The Balaban J connectivity index is 1.20. The molecule has 2 amide bonds. The van der Waals surface area contributed by atoms with E-state index in [0.29, 0.717) is 47.7 Å². The van der Waals surface area contributed by atoms with Gasteiger partial charge in [0.1, 0.15) is 5.75 Å². The number of benzene rings is 1. The van der Waals surface area contributed by atoms with Gasteiger partial charge < -0.3 is 19.8 Å². The number of aryl methyl sites for hydroxylation is 1. The highest BCUT2D eigenvalue weighted by Crippen LogP contribution is 2.35. The molecule has 2 aromatic rings. The first kappa shape index (κ1) is 20.5. The number of nitrogens with zero attached hydrogens (tertiary/aromatic N) is 1. The van der Waals surface area contributed by atoms with Crippen molar-refractivity contribution in [1.29, 1.82) is 0 Å². The number of halogens is 1. The zero-order valence-corrected chi connectivity index (χ0v) is 17.3. The molecule has 0 radical (unpaired) electrons. The lowest BCUT2D eigenvalue weighted by atomic mass is 9.85. The van der Waals surface area contributed by atoms with Gasteiger partial charge in [0.25, 0.3) is 11.8 Å². The highest BCUT2D eigenvalue weighted by atomic mass is 35.5. The number of carbonyl (C=O) groups excluding carboxylic acids is 2. The molecular weight excluding hydrogens is 406 g/mol. The molecule has 2 heterocycles. The Morgan fingerprint density at radius 1 is 1.27 bits per heavy atom. The van der Waals surface area contributed by atoms with Crippen LogP contribution in [0.5, 0.6) is 5.75 Å². The molecule has 1 aromatic carbocycles. The van der Waals surface area contributed by atoms with Gasteiger partial charge in [-0.3, -0.25) is 9.59 Å². The Kier molecular flexibility index (Phi) is 6.08. The summed E-state index contributed by atoms with van der Waals surface area (Å²) in [6, 6.07) is 5.38. The van der Waals surface area contributed by atoms with E-state index < -0.39 is 6.10 Å². The normalized spacial score (nSPS) is 18.0. The lowest BCUT2D eigenvalue weighted by Gasteiger charge is -2.25. The van der Waals surface area contributed by atoms with E-state index in [1.807, 2.05) is 6.07 Å². The molecule has 1 aliphatic carbocycles. The smallest absolute Gasteiger partial charge is 0.288 e. The first-order valence-electron chi connectivity index (χ1n) is 10.2. The van der Waals surface area contributed by atoms with E-state index in [9.17, 15) is 9.59 Å². The van der Waals surface area contributed by atoms with Gasteiger partial charge in [-0.2, -0.15) is 0 Å². The maximum absolute atomic E-state index is 12.5. The van der Waals surface area contributed by atoms with Crippen molar-refractivity contribution in [1.82, 2.24) is 15.6 Å². The molecule has 1 atom stereocenters. The van der Waals surface area contributed by atoms with Crippen molar-refractivity contribution in [3.63, 3.8) is 0 Å². The molecule has 1 saturated carbocycles. The van der Waals surface area contributed by atoms with Crippen LogP contribution >= 0.6 is 11.6 Å². The van der Waals surface area contributed by atoms with Crippen molar-refractivity contribution in [2.24, 2.45) is 0 Å². The summed E-state index contributed by atoms with van der Waals surface area (Å²) in [5.74, 6) is 1.30. The third kappa shape index (κ3) is 4.67. The van der Waals surface area contributed by atoms with Crippen molar-refractivity contribution < 1.29 is 18.7 Å². The third-order valence-corrected chi connectivity index (χ3v) is 5.71. The van der Waals surface area contributed by atoms with Gasteiger partial charge in [0.15, 0.2) is 12.0 Å². The van der Waals surface area contributed by atoms with Gasteiger partial charge in [0.2, 0.25) is 5.76 Å². The predicted octanol–water partition coefficient (Wildman–Crippen LogP) is 3.74. The zero-order valence-electron chi connectivity index (χ0n) is 16.6. The Bertz CT molecular complexity index is 967. The van der Waals surface area contributed by atoms with Gasteiger partial charge in [-0.25, -0.2) is 4.98 Å². The van der Waals surface area contributed by atoms with Crippen LogP contribution in [0.2, 0.25) is 5.02 Å². The fourth-order valence-corrected chi connectivity index (χ4v) is 3.70. The maximum Gasteiger partial charge on any atom is 0.288 e. The van der Waals surface area contributed by atoms with Crippen LogP contribution in [0.3, 0.4) is 0 Å². The fourth-order valence-electron chi connectivity index (χ4n) is 3.51. The van der Waals surface area contributed by atoms with Gasteiger partial charge in [0, 0.05) is 29.6 Å². The van der Waals surface area contributed by atoms with Gasteiger partial charge in [0.05, 0.1) is 6.20 Å². The van der Waals surface area contributed by atoms with Crippen LogP contribution in [0.4, 0.5) is 0 Å². The standard InChI is InChI=1S/C22H24ClN3O4/c1-13(9-10-24-20(27)19-12-25-22(30-19)14-3-2-4-14)26-21(28)18-7-5-15-11-16(23)6-8-17(15)29-18/h6,8,11-12,14,18H,1-5,7,9-10H2,(H,24,27)(H,26,28)/t18-/m1/s1. The van der Waals surface area contributed by atoms with Crippen LogP contribution in [-0.2, 0) is 11.2 Å². The first-order valence-corrected chi connectivity index (χ1v) is 10.5. The number of aromatic nitrogens is 1. The minimum Gasteiger partial charge on any atom is -0.480 e. The van der Waals surface area contributed by atoms with Gasteiger partial charge in [-0.05, 0) is 49.4 Å². The Hall–Kier alpha value is -2.80. The average Bonchev–Trinajstić information content (AvgIpc) is 3.15. The van der Waals surface area contributed by atoms with E-state index in [4.69, 9.17) is 20.8 Å². The van der Waals surface area contributed by atoms with Crippen LogP contribution in [0.1, 0.15) is 60.0 Å². The summed E-state index contributed by atoms with van der Waals surface area (Å²) in [6.07, 6.45) is 5.87. The van der Waals surface area contributed by atoms with Crippen molar-refractivity contribution in [2.75, 3.05) is 6.54 Å². The molecule has 0 saturated heterocycles. The fraction of sp³-hybridized carbons (Fsp3) is 0.409. The summed E-state index contributed by atoms with van der Waals surface area (Å²) in [6.45, 7) is 4.19. The van der Waals surface area contributed by atoms with Crippen LogP contribution in [0.15, 0.2) is 41.1 Å². The van der Waals surface area contributed by atoms with Crippen LogP contribution in [0.25, 0.3) is 0 Å². The molecule has 30 heavy (non-hydrogen) atoms. The number of ether oxygens (including phenoxy) is 1. The second-order valence-corrected chi connectivity index (χ2v) is 8.12. The molecule has 0 bridgehead atoms. The number of amides is 2. The molecule has 1 fully saturated rings. The molecule has 1 aromatic heterocycles. The zero-order chi connectivity index (χ0) is 21.1. The number of nitrogens with one attached hydrogen (secondary N) is 2. The van der Waals surface area contributed by atoms with E-state index in [1.54, 1.807) is 12.1 Å². The Labute approximate surface area is 179 Å². The lowest BCUT2D eigenvalue weighted by molar-refractivity contribution is -0.127. The molecule has 2 aliphatic rings. The van der Waals surface area contributed by atoms with Gasteiger partial charge in [-0.15, -0.1) is 0 Å². The summed E-state index contributed by atoms with van der Waals surface area (Å²) >= 11 is 5.99. The third-order valence-electron chi connectivity index (χ3n) is 5.47. The van der Waals surface area contributed by atoms with Gasteiger partial charge in [-0.1, -0.05) is 24.6 Å². The predicted molar refractivity (Wildman–Crippen MR) is 112 cm³/mol. The second-order valence-electron chi connectivity index (χ2n) is 7.69. The molecule has 0 unspecified atom stereocenters. The van der Waals surface area contributed by atoms with Crippen LogP contribution in [-0.4, -0.2) is 29.4 Å². The van der Waals surface area contributed by atoms with E-state index in [1.165, 1.54) is 12.6 Å². The summed E-state index contributed by atoms with van der Waals surface area (Å²) in [4.78, 5) is 28.8. The molecule has 2 N–H and O–H groups in total. The number of hydrogen-bond acceptors (Lipinski definition) is 5. The van der Waals surface area contributed by atoms with Crippen molar-refractivity contribution >= 4 is 23.4 Å². The van der Waals surface area contributed by atoms with Gasteiger partial charge >= 0.3 is 0 Å². The quantitative estimate of drug-likeness (QED) is 0.699. The van der Waals surface area contributed by atoms with E-state index in [0.717, 1.165) is 24.8 Å². The lowest BCUT2D eigenvalue weighted by Crippen LogP contribution is -2.40. The van der Waals surface area contributed by atoms with Crippen LogP contribution in [0, 0.1) is 0 Å². The monoisotopic (exact) mass is 429 g/mol. The average molecular weight is 430 g/mol. The molecule has 4 rings (SSSR count). The number of carbonyl (C=O) groups is 2. The number of fused-ring (bicyclic) bond motifs is 1. The highest BCUT2D eigenvalue weighted by Gasteiger charge is 2.27. The van der Waals surface area contributed by atoms with Crippen molar-refractivity contribution in [3.8, 4) is 5.75 Å². The topological polar surface area (TPSA) is 93.5 Å².